The summed E-state index contributed by atoms with van der Waals surface area (Å²) in [6.07, 6.45) is 0.992. The summed E-state index contributed by atoms with van der Waals surface area (Å²) in [7, 11) is 0. The van der Waals surface area contributed by atoms with Crippen LogP contribution in [0.4, 0.5) is 10.2 Å². The van der Waals surface area contributed by atoms with Crippen LogP contribution in [0.3, 0.4) is 0 Å². The third-order valence-corrected chi connectivity index (χ3v) is 4.75. The molecule has 2 unspecified atom stereocenters. The minimum atomic E-state index is -0.460. The summed E-state index contributed by atoms with van der Waals surface area (Å²) in [5.41, 5.74) is 0.168. The molecule has 2 atom stereocenters. The molecule has 114 valence electrons. The molecule has 1 amide bonds. The first-order chi connectivity index (χ1) is 9.88. The lowest BCUT2D eigenvalue weighted by molar-refractivity contribution is -0.134. The normalized spacial score (nSPS) is 27.6. The molecule has 2 fully saturated rings. The van der Waals surface area contributed by atoms with Crippen molar-refractivity contribution >= 4 is 11.7 Å². The smallest absolute Gasteiger partial charge is 0.226 e. The van der Waals surface area contributed by atoms with Gasteiger partial charge in [0.2, 0.25) is 11.9 Å². The highest BCUT2D eigenvalue weighted by molar-refractivity contribution is 5.82. The van der Waals surface area contributed by atoms with Gasteiger partial charge < -0.3 is 9.80 Å². The van der Waals surface area contributed by atoms with Crippen LogP contribution in [-0.2, 0) is 4.79 Å². The minimum absolute atomic E-state index is 0.152. The number of halogens is 1. The van der Waals surface area contributed by atoms with Crippen LogP contribution in [0, 0.1) is 17.3 Å². The van der Waals surface area contributed by atoms with E-state index >= 15 is 0 Å². The third kappa shape index (κ3) is 2.74. The van der Waals surface area contributed by atoms with Gasteiger partial charge in [0, 0.05) is 31.6 Å². The first-order valence-corrected chi connectivity index (χ1v) is 7.56. The van der Waals surface area contributed by atoms with E-state index in [4.69, 9.17) is 0 Å². The Hall–Kier alpha value is -1.65. The first kappa shape index (κ1) is 14.3. The highest BCUT2D eigenvalue weighted by Gasteiger charge is 2.52. The number of carbonyl (C=O) groups is 1. The van der Waals surface area contributed by atoms with E-state index in [0.29, 0.717) is 25.5 Å². The van der Waals surface area contributed by atoms with Crippen molar-refractivity contribution < 1.29 is 9.18 Å². The average Bonchev–Trinajstić information content (AvgIpc) is 3.06. The molecule has 2 aliphatic rings. The molecular weight excluding hydrogens is 269 g/mol. The number of hydrogen-bond donors (Lipinski definition) is 0. The zero-order valence-corrected chi connectivity index (χ0v) is 12.8. The summed E-state index contributed by atoms with van der Waals surface area (Å²) in [4.78, 5) is 20.4. The maximum absolute atomic E-state index is 13.3. The van der Waals surface area contributed by atoms with E-state index in [1.807, 2.05) is 11.0 Å². The third-order valence-electron chi connectivity index (χ3n) is 4.75. The van der Waals surface area contributed by atoms with Gasteiger partial charge in [0.15, 0.2) is 0 Å². The molecule has 0 N–H and O–H groups in total. The molecule has 1 aromatic rings. The van der Waals surface area contributed by atoms with Crippen LogP contribution in [-0.4, -0.2) is 41.5 Å². The molecule has 1 saturated carbocycles. The molecule has 5 heteroatoms. The predicted molar refractivity (Wildman–Crippen MR) is 79.5 cm³/mol. The van der Waals surface area contributed by atoms with Crippen molar-refractivity contribution in [3.8, 4) is 0 Å². The van der Waals surface area contributed by atoms with Crippen molar-refractivity contribution in [2.75, 3.05) is 24.5 Å². The van der Waals surface area contributed by atoms with Crippen LogP contribution in [0.2, 0.25) is 0 Å². The number of hydrogen-bond acceptors (Lipinski definition) is 3. The fraction of sp³-hybridized carbons (Fsp3) is 0.625. The van der Waals surface area contributed by atoms with Crippen molar-refractivity contribution in [2.45, 2.75) is 33.2 Å². The van der Waals surface area contributed by atoms with Gasteiger partial charge in [-0.2, -0.15) is 4.39 Å². The van der Waals surface area contributed by atoms with Crippen LogP contribution in [0.25, 0.3) is 0 Å². The number of piperazine rings is 1. The molecule has 1 aliphatic carbocycles. The van der Waals surface area contributed by atoms with E-state index in [-0.39, 0.29) is 23.3 Å². The number of nitrogens with zero attached hydrogens (tertiary/aromatic N) is 3. The van der Waals surface area contributed by atoms with E-state index in [0.717, 1.165) is 6.42 Å². The Morgan fingerprint density at radius 2 is 2.10 bits per heavy atom. The summed E-state index contributed by atoms with van der Waals surface area (Å²) in [5.74, 6) is 0.654. The largest absolute Gasteiger partial charge is 0.350 e. The molecule has 1 aromatic heterocycles. The van der Waals surface area contributed by atoms with Gasteiger partial charge in [0.1, 0.15) is 5.82 Å². The van der Waals surface area contributed by atoms with E-state index in [1.54, 1.807) is 6.07 Å². The van der Waals surface area contributed by atoms with Crippen LogP contribution in [0.5, 0.6) is 0 Å². The Morgan fingerprint density at radius 3 is 2.67 bits per heavy atom. The molecule has 0 radical (unpaired) electrons. The number of amides is 1. The van der Waals surface area contributed by atoms with E-state index in [2.05, 4.69) is 30.7 Å². The van der Waals surface area contributed by atoms with Crippen molar-refractivity contribution in [2.24, 2.45) is 11.3 Å². The van der Waals surface area contributed by atoms with E-state index < -0.39 is 5.95 Å². The van der Waals surface area contributed by atoms with Gasteiger partial charge in [-0.15, -0.1) is 0 Å². The molecular formula is C16H22FN3O. The molecule has 1 saturated heterocycles. The summed E-state index contributed by atoms with van der Waals surface area (Å²) in [5, 5.41) is 0. The van der Waals surface area contributed by atoms with Crippen molar-refractivity contribution in [3.05, 3.63) is 24.1 Å². The van der Waals surface area contributed by atoms with Crippen molar-refractivity contribution in [3.63, 3.8) is 0 Å². The molecule has 2 heterocycles. The van der Waals surface area contributed by atoms with Gasteiger partial charge >= 0.3 is 0 Å². The summed E-state index contributed by atoms with van der Waals surface area (Å²) < 4.78 is 13.3. The lowest BCUT2D eigenvalue weighted by Gasteiger charge is -2.40. The number of aromatic nitrogens is 1. The molecule has 4 nitrogen and oxygen atoms in total. The van der Waals surface area contributed by atoms with Crippen LogP contribution in [0.15, 0.2) is 18.2 Å². The number of anilines is 1. The maximum atomic E-state index is 13.3. The van der Waals surface area contributed by atoms with E-state index in [9.17, 15) is 9.18 Å². The molecule has 0 spiro atoms. The summed E-state index contributed by atoms with van der Waals surface area (Å²) >= 11 is 0. The second kappa shape index (κ2) is 4.97. The molecule has 3 rings (SSSR count). The standard InChI is InChI=1S/C16H22FN3O/c1-11-10-19(15(21)12-9-16(12,2)3)7-8-20(11)14-6-4-5-13(17)18-14/h4-6,11-12H,7-10H2,1-3H3. The molecule has 21 heavy (non-hydrogen) atoms. The zero-order valence-electron chi connectivity index (χ0n) is 12.8. The van der Waals surface area contributed by atoms with Gasteiger partial charge in [-0.1, -0.05) is 19.9 Å². The Labute approximate surface area is 125 Å². The van der Waals surface area contributed by atoms with Gasteiger partial charge in [-0.05, 0) is 30.9 Å². The van der Waals surface area contributed by atoms with Crippen LogP contribution in [0.1, 0.15) is 27.2 Å². The fourth-order valence-electron chi connectivity index (χ4n) is 3.16. The highest BCUT2D eigenvalue weighted by atomic mass is 19.1. The predicted octanol–water partition coefficient (Wildman–Crippen LogP) is 2.30. The summed E-state index contributed by atoms with van der Waals surface area (Å²) in [6, 6.07) is 5.00. The lowest BCUT2D eigenvalue weighted by atomic mass is 10.1. The Bertz CT molecular complexity index is 560. The van der Waals surface area contributed by atoms with Crippen molar-refractivity contribution in [1.82, 2.24) is 9.88 Å². The van der Waals surface area contributed by atoms with Gasteiger partial charge in [-0.3, -0.25) is 4.79 Å². The fourth-order valence-corrected chi connectivity index (χ4v) is 3.16. The second-order valence-electron chi connectivity index (χ2n) is 6.89. The minimum Gasteiger partial charge on any atom is -0.350 e. The maximum Gasteiger partial charge on any atom is 0.226 e. The second-order valence-corrected chi connectivity index (χ2v) is 6.89. The van der Waals surface area contributed by atoms with Crippen LogP contribution < -0.4 is 4.90 Å². The molecule has 0 aromatic carbocycles. The molecule has 1 aliphatic heterocycles. The number of carbonyl (C=O) groups excluding carboxylic acids is 1. The van der Waals surface area contributed by atoms with Gasteiger partial charge in [0.25, 0.3) is 0 Å². The zero-order chi connectivity index (χ0) is 15.2. The quantitative estimate of drug-likeness (QED) is 0.785. The van der Waals surface area contributed by atoms with Crippen LogP contribution >= 0.6 is 0 Å². The van der Waals surface area contributed by atoms with E-state index in [1.165, 1.54) is 6.07 Å². The topological polar surface area (TPSA) is 36.4 Å². The summed E-state index contributed by atoms with van der Waals surface area (Å²) in [6.45, 7) is 8.43. The lowest BCUT2D eigenvalue weighted by Crippen LogP contribution is -2.54. The first-order valence-electron chi connectivity index (χ1n) is 7.56. The van der Waals surface area contributed by atoms with Crippen molar-refractivity contribution in [1.29, 1.82) is 0 Å². The average molecular weight is 291 g/mol. The Kier molecular flexibility index (Phi) is 3.38. The Morgan fingerprint density at radius 1 is 1.38 bits per heavy atom. The highest BCUT2D eigenvalue weighted by Crippen LogP contribution is 2.52. The van der Waals surface area contributed by atoms with Gasteiger partial charge in [-0.25, -0.2) is 4.98 Å². The number of pyridine rings is 1. The monoisotopic (exact) mass is 291 g/mol. The molecule has 0 bridgehead atoms. The number of rotatable bonds is 2. The van der Waals surface area contributed by atoms with Gasteiger partial charge in [0.05, 0.1) is 0 Å². The SMILES string of the molecule is CC1CN(C(=O)C2CC2(C)C)CCN1c1cccc(F)n1. The Balaban J connectivity index is 1.66.